The van der Waals surface area contributed by atoms with Gasteiger partial charge >= 0.3 is 0 Å². The SMILES string of the molecule is CSCCCCCNC1CCSC1. The first-order valence-corrected chi connectivity index (χ1v) is 7.78. The van der Waals surface area contributed by atoms with Crippen molar-refractivity contribution >= 4 is 23.5 Å². The van der Waals surface area contributed by atoms with Gasteiger partial charge in [-0.25, -0.2) is 0 Å². The second-order valence-electron chi connectivity index (χ2n) is 3.57. The summed E-state index contributed by atoms with van der Waals surface area (Å²) in [6.45, 7) is 1.24. The maximum atomic E-state index is 3.63. The topological polar surface area (TPSA) is 12.0 Å². The third-order valence-corrected chi connectivity index (χ3v) is 4.25. The van der Waals surface area contributed by atoms with Crippen LogP contribution in [0.15, 0.2) is 0 Å². The van der Waals surface area contributed by atoms with Crippen molar-refractivity contribution in [3.8, 4) is 0 Å². The van der Waals surface area contributed by atoms with E-state index in [0.717, 1.165) is 6.04 Å². The molecule has 1 nitrogen and oxygen atoms in total. The maximum Gasteiger partial charge on any atom is 0.0166 e. The third-order valence-electron chi connectivity index (χ3n) is 2.39. The standard InChI is InChI=1S/C10H21NS2/c1-12-7-4-2-3-6-11-10-5-8-13-9-10/h10-11H,2-9H2,1H3. The second-order valence-corrected chi connectivity index (χ2v) is 5.70. The monoisotopic (exact) mass is 219 g/mol. The van der Waals surface area contributed by atoms with Gasteiger partial charge in [0.2, 0.25) is 0 Å². The summed E-state index contributed by atoms with van der Waals surface area (Å²) in [5, 5.41) is 3.63. The summed E-state index contributed by atoms with van der Waals surface area (Å²) in [4.78, 5) is 0. The number of nitrogens with one attached hydrogen (secondary N) is 1. The molecule has 1 N–H and O–H groups in total. The smallest absolute Gasteiger partial charge is 0.0166 e. The highest BCUT2D eigenvalue weighted by Gasteiger charge is 2.13. The zero-order valence-corrected chi connectivity index (χ0v) is 10.2. The molecule has 1 fully saturated rings. The molecule has 0 bridgehead atoms. The van der Waals surface area contributed by atoms with E-state index >= 15 is 0 Å². The zero-order valence-electron chi connectivity index (χ0n) is 8.55. The van der Waals surface area contributed by atoms with E-state index in [-0.39, 0.29) is 0 Å². The number of rotatable bonds is 7. The van der Waals surface area contributed by atoms with Crippen LogP contribution in [0, 0.1) is 0 Å². The van der Waals surface area contributed by atoms with E-state index in [1.165, 1.54) is 49.5 Å². The van der Waals surface area contributed by atoms with Gasteiger partial charge in [0.25, 0.3) is 0 Å². The van der Waals surface area contributed by atoms with E-state index in [9.17, 15) is 0 Å². The van der Waals surface area contributed by atoms with E-state index in [1.54, 1.807) is 0 Å². The Kier molecular flexibility index (Phi) is 7.23. The van der Waals surface area contributed by atoms with E-state index in [1.807, 2.05) is 11.8 Å². The lowest BCUT2D eigenvalue weighted by molar-refractivity contribution is 0.533. The number of thioether (sulfide) groups is 2. The molecule has 0 aromatic heterocycles. The summed E-state index contributed by atoms with van der Waals surface area (Å²) in [6, 6.07) is 0.825. The molecule has 0 radical (unpaired) electrons. The Labute approximate surface area is 90.8 Å². The Morgan fingerprint density at radius 1 is 1.38 bits per heavy atom. The van der Waals surface area contributed by atoms with Crippen LogP contribution in [0.4, 0.5) is 0 Å². The fraction of sp³-hybridized carbons (Fsp3) is 1.00. The van der Waals surface area contributed by atoms with Gasteiger partial charge in [0.15, 0.2) is 0 Å². The van der Waals surface area contributed by atoms with Crippen molar-refractivity contribution in [3.63, 3.8) is 0 Å². The first-order chi connectivity index (χ1) is 6.43. The van der Waals surface area contributed by atoms with Gasteiger partial charge in [-0.2, -0.15) is 23.5 Å². The van der Waals surface area contributed by atoms with Crippen molar-refractivity contribution < 1.29 is 0 Å². The summed E-state index contributed by atoms with van der Waals surface area (Å²) in [6.07, 6.45) is 7.72. The van der Waals surface area contributed by atoms with E-state index in [2.05, 4.69) is 23.3 Å². The van der Waals surface area contributed by atoms with Crippen LogP contribution >= 0.6 is 23.5 Å². The molecule has 1 rings (SSSR count). The van der Waals surface area contributed by atoms with E-state index < -0.39 is 0 Å². The average Bonchev–Trinajstić information content (AvgIpc) is 2.63. The molecule has 0 spiro atoms. The summed E-state index contributed by atoms with van der Waals surface area (Å²) < 4.78 is 0. The Morgan fingerprint density at radius 2 is 2.31 bits per heavy atom. The minimum atomic E-state index is 0.825. The zero-order chi connectivity index (χ0) is 9.36. The summed E-state index contributed by atoms with van der Waals surface area (Å²) >= 11 is 4.05. The Balaban J connectivity index is 1.78. The van der Waals surface area contributed by atoms with Gasteiger partial charge in [0.1, 0.15) is 0 Å². The number of unbranched alkanes of at least 4 members (excludes halogenated alkanes) is 2. The molecule has 0 saturated carbocycles. The van der Waals surface area contributed by atoms with Gasteiger partial charge in [0.05, 0.1) is 0 Å². The van der Waals surface area contributed by atoms with Gasteiger partial charge in [0, 0.05) is 11.8 Å². The third kappa shape index (κ3) is 5.87. The molecule has 1 aliphatic heterocycles. The lowest BCUT2D eigenvalue weighted by Gasteiger charge is -2.10. The highest BCUT2D eigenvalue weighted by atomic mass is 32.2. The molecule has 0 aromatic rings. The van der Waals surface area contributed by atoms with Crippen LogP contribution in [0.5, 0.6) is 0 Å². The number of hydrogen-bond acceptors (Lipinski definition) is 3. The molecule has 78 valence electrons. The predicted molar refractivity (Wildman–Crippen MR) is 66.0 cm³/mol. The lowest BCUT2D eigenvalue weighted by atomic mass is 10.2. The minimum absolute atomic E-state index is 0.825. The molecule has 0 aromatic carbocycles. The lowest BCUT2D eigenvalue weighted by Crippen LogP contribution is -2.29. The van der Waals surface area contributed by atoms with Crippen LogP contribution in [0.25, 0.3) is 0 Å². The summed E-state index contributed by atoms with van der Waals surface area (Å²) in [7, 11) is 0. The van der Waals surface area contributed by atoms with Gasteiger partial charge in [-0.3, -0.25) is 0 Å². The normalized spacial score (nSPS) is 22.4. The molecule has 1 saturated heterocycles. The molecule has 1 heterocycles. The molecule has 3 heteroatoms. The first kappa shape index (κ1) is 11.7. The minimum Gasteiger partial charge on any atom is -0.313 e. The van der Waals surface area contributed by atoms with Crippen molar-refractivity contribution in [2.24, 2.45) is 0 Å². The molecule has 1 aliphatic rings. The van der Waals surface area contributed by atoms with Gasteiger partial charge in [-0.15, -0.1) is 0 Å². The Morgan fingerprint density at radius 3 is 3.00 bits per heavy atom. The molecule has 1 unspecified atom stereocenters. The fourth-order valence-electron chi connectivity index (χ4n) is 1.55. The molecule has 1 atom stereocenters. The van der Waals surface area contributed by atoms with Crippen molar-refractivity contribution in [2.75, 3.05) is 30.1 Å². The van der Waals surface area contributed by atoms with Gasteiger partial charge < -0.3 is 5.32 Å². The largest absolute Gasteiger partial charge is 0.313 e. The molecular weight excluding hydrogens is 198 g/mol. The highest BCUT2D eigenvalue weighted by Crippen LogP contribution is 2.16. The molecular formula is C10H21NS2. The van der Waals surface area contributed by atoms with E-state index in [4.69, 9.17) is 0 Å². The summed E-state index contributed by atoms with van der Waals surface area (Å²) in [5.41, 5.74) is 0. The maximum absolute atomic E-state index is 3.63. The Bertz CT molecular complexity index is 113. The van der Waals surface area contributed by atoms with Gasteiger partial charge in [-0.05, 0) is 43.6 Å². The molecule has 0 aliphatic carbocycles. The van der Waals surface area contributed by atoms with Crippen molar-refractivity contribution in [1.82, 2.24) is 5.32 Å². The van der Waals surface area contributed by atoms with Crippen LogP contribution in [0.3, 0.4) is 0 Å². The van der Waals surface area contributed by atoms with Crippen LogP contribution in [0.1, 0.15) is 25.7 Å². The van der Waals surface area contributed by atoms with Crippen LogP contribution < -0.4 is 5.32 Å². The van der Waals surface area contributed by atoms with Gasteiger partial charge in [-0.1, -0.05) is 6.42 Å². The van der Waals surface area contributed by atoms with Crippen LogP contribution in [0.2, 0.25) is 0 Å². The van der Waals surface area contributed by atoms with Crippen LogP contribution in [-0.2, 0) is 0 Å². The molecule has 13 heavy (non-hydrogen) atoms. The average molecular weight is 219 g/mol. The van der Waals surface area contributed by atoms with Crippen molar-refractivity contribution in [2.45, 2.75) is 31.7 Å². The van der Waals surface area contributed by atoms with Crippen molar-refractivity contribution in [3.05, 3.63) is 0 Å². The number of hydrogen-bond donors (Lipinski definition) is 1. The first-order valence-electron chi connectivity index (χ1n) is 5.23. The molecule has 0 amide bonds. The predicted octanol–water partition coefficient (Wildman–Crippen LogP) is 2.61. The Hall–Kier alpha value is 0.660. The second kappa shape index (κ2) is 8.01. The fourth-order valence-corrected chi connectivity index (χ4v) is 3.23. The highest BCUT2D eigenvalue weighted by molar-refractivity contribution is 7.99. The quantitative estimate of drug-likeness (QED) is 0.661. The van der Waals surface area contributed by atoms with Crippen molar-refractivity contribution in [1.29, 1.82) is 0 Å². The van der Waals surface area contributed by atoms with E-state index in [0.29, 0.717) is 0 Å². The van der Waals surface area contributed by atoms with Crippen LogP contribution in [-0.4, -0.2) is 36.1 Å². The summed E-state index contributed by atoms with van der Waals surface area (Å²) in [5.74, 6) is 4.04.